The van der Waals surface area contributed by atoms with Crippen molar-refractivity contribution in [1.82, 2.24) is 9.97 Å². The third-order valence-corrected chi connectivity index (χ3v) is 5.84. The Balaban J connectivity index is 1.69. The predicted octanol–water partition coefficient (Wildman–Crippen LogP) is 3.47. The van der Waals surface area contributed by atoms with Gasteiger partial charge in [0, 0.05) is 24.4 Å². The van der Waals surface area contributed by atoms with Crippen LogP contribution in [-0.2, 0) is 4.74 Å². The van der Waals surface area contributed by atoms with Crippen molar-refractivity contribution in [2.75, 3.05) is 17.2 Å². The molecule has 27 heavy (non-hydrogen) atoms. The number of rotatable bonds is 7. The first-order valence-electron chi connectivity index (χ1n) is 10.3. The van der Waals surface area contributed by atoms with Gasteiger partial charge in [-0.15, -0.1) is 0 Å². The van der Waals surface area contributed by atoms with Crippen LogP contribution in [0.4, 0.5) is 11.8 Å². The molecule has 2 aliphatic rings. The molecule has 150 valence electrons. The number of nitrogens with zero attached hydrogens (tertiary/aromatic N) is 2. The van der Waals surface area contributed by atoms with Crippen molar-refractivity contribution in [1.29, 1.82) is 0 Å². The quantitative estimate of drug-likeness (QED) is 0.674. The number of nitrogens with one attached hydrogen (secondary N) is 2. The van der Waals surface area contributed by atoms with Crippen molar-refractivity contribution in [3.63, 3.8) is 0 Å². The number of carbonyl (C=O) groups excluding carboxylic acids is 1. The van der Waals surface area contributed by atoms with Crippen LogP contribution in [0.2, 0.25) is 0 Å². The van der Waals surface area contributed by atoms with Gasteiger partial charge < -0.3 is 21.1 Å². The predicted molar refractivity (Wildman–Crippen MR) is 107 cm³/mol. The summed E-state index contributed by atoms with van der Waals surface area (Å²) in [5.41, 5.74) is 5.85. The molecule has 2 fully saturated rings. The van der Waals surface area contributed by atoms with Crippen LogP contribution in [0.25, 0.3) is 0 Å². The second-order valence-corrected chi connectivity index (χ2v) is 8.14. The lowest BCUT2D eigenvalue weighted by atomic mass is 9.83. The van der Waals surface area contributed by atoms with E-state index in [1.54, 1.807) is 0 Å². The summed E-state index contributed by atoms with van der Waals surface area (Å²) < 4.78 is 5.72. The van der Waals surface area contributed by atoms with Gasteiger partial charge in [0.05, 0.1) is 11.7 Å². The Morgan fingerprint density at radius 2 is 1.96 bits per heavy atom. The average Bonchev–Trinajstić information content (AvgIpc) is 2.64. The first-order chi connectivity index (χ1) is 13.0. The lowest BCUT2D eigenvalue weighted by molar-refractivity contribution is 0.0346. The van der Waals surface area contributed by atoms with Gasteiger partial charge in [0.1, 0.15) is 5.82 Å². The van der Waals surface area contributed by atoms with E-state index in [4.69, 9.17) is 10.5 Å². The minimum Gasteiger partial charge on any atom is -0.379 e. The van der Waals surface area contributed by atoms with Crippen LogP contribution in [0.15, 0.2) is 6.20 Å². The topological polar surface area (TPSA) is 102 Å². The van der Waals surface area contributed by atoms with Crippen LogP contribution >= 0.6 is 0 Å². The molecule has 7 nitrogen and oxygen atoms in total. The van der Waals surface area contributed by atoms with Crippen LogP contribution in [-0.4, -0.2) is 40.2 Å². The highest BCUT2D eigenvalue weighted by atomic mass is 16.5. The molecule has 2 saturated carbocycles. The van der Waals surface area contributed by atoms with Crippen LogP contribution in [0.5, 0.6) is 0 Å². The molecule has 0 bridgehead atoms. The van der Waals surface area contributed by atoms with E-state index >= 15 is 0 Å². The summed E-state index contributed by atoms with van der Waals surface area (Å²) >= 11 is 0. The summed E-state index contributed by atoms with van der Waals surface area (Å²) in [4.78, 5) is 20.8. The summed E-state index contributed by atoms with van der Waals surface area (Å²) in [7, 11) is 0. The Labute approximate surface area is 161 Å². The maximum absolute atomic E-state index is 11.8. The maximum Gasteiger partial charge on any atom is 0.254 e. The van der Waals surface area contributed by atoms with Gasteiger partial charge in [-0.2, -0.15) is 4.98 Å². The Bertz CT molecular complexity index is 637. The zero-order valence-electron chi connectivity index (χ0n) is 16.6. The molecule has 0 spiro atoms. The van der Waals surface area contributed by atoms with E-state index in [9.17, 15) is 4.79 Å². The Hall–Kier alpha value is -1.89. The van der Waals surface area contributed by atoms with Gasteiger partial charge in [0.2, 0.25) is 5.95 Å². The van der Waals surface area contributed by atoms with Gasteiger partial charge in [-0.05, 0) is 52.4 Å². The molecule has 0 aliphatic heterocycles. The maximum atomic E-state index is 11.8. The third kappa shape index (κ3) is 5.31. The lowest BCUT2D eigenvalue weighted by Gasteiger charge is -2.35. The second-order valence-electron chi connectivity index (χ2n) is 8.14. The largest absolute Gasteiger partial charge is 0.379 e. The molecule has 1 amide bonds. The van der Waals surface area contributed by atoms with Crippen molar-refractivity contribution in [2.24, 2.45) is 5.73 Å². The van der Waals surface area contributed by atoms with E-state index in [1.807, 2.05) is 6.92 Å². The summed E-state index contributed by atoms with van der Waals surface area (Å²) in [6.45, 7) is 5.01. The minimum atomic E-state index is -0.499. The summed E-state index contributed by atoms with van der Waals surface area (Å²) in [6, 6.07) is 0.333. The van der Waals surface area contributed by atoms with Crippen LogP contribution in [0.1, 0.15) is 82.0 Å². The molecule has 0 saturated heterocycles. The molecule has 2 aliphatic carbocycles. The van der Waals surface area contributed by atoms with E-state index in [-0.39, 0.29) is 5.54 Å². The first kappa shape index (κ1) is 19.9. The number of ether oxygens (including phenoxy) is 1. The molecular weight excluding hydrogens is 342 g/mol. The highest BCUT2D eigenvalue weighted by Crippen LogP contribution is 2.32. The van der Waals surface area contributed by atoms with Crippen LogP contribution in [0, 0.1) is 0 Å². The standard InChI is InChI=1S/C20H33N5O2/c1-3-27-15-9-7-14(8-10-15)23-19-22-13-16(17(21)26)18(24-19)25-20(2)11-5-4-6-12-20/h13-15H,3-12H2,1-2H3,(H2,21,26)(H2,22,23,24,25)/t14-,15-. The molecule has 1 heterocycles. The fourth-order valence-corrected chi connectivity index (χ4v) is 4.26. The highest BCUT2D eigenvalue weighted by molar-refractivity contribution is 5.97. The molecule has 1 aromatic heterocycles. The number of primary amides is 1. The second kappa shape index (κ2) is 8.87. The van der Waals surface area contributed by atoms with Crippen molar-refractivity contribution >= 4 is 17.7 Å². The van der Waals surface area contributed by atoms with E-state index in [0.717, 1.165) is 45.1 Å². The number of carbonyl (C=O) groups is 1. The summed E-state index contributed by atoms with van der Waals surface area (Å²) in [5, 5.41) is 6.93. The van der Waals surface area contributed by atoms with Crippen molar-refractivity contribution < 1.29 is 9.53 Å². The number of hydrogen-bond acceptors (Lipinski definition) is 6. The van der Waals surface area contributed by atoms with Crippen molar-refractivity contribution in [3.8, 4) is 0 Å². The monoisotopic (exact) mass is 375 g/mol. The molecular formula is C20H33N5O2. The van der Waals surface area contributed by atoms with Crippen LogP contribution < -0.4 is 16.4 Å². The van der Waals surface area contributed by atoms with Gasteiger partial charge in [0.25, 0.3) is 5.91 Å². The van der Waals surface area contributed by atoms with Gasteiger partial charge in [-0.25, -0.2) is 4.98 Å². The highest BCUT2D eigenvalue weighted by Gasteiger charge is 2.29. The van der Waals surface area contributed by atoms with E-state index in [2.05, 4.69) is 27.5 Å². The molecule has 3 rings (SSSR count). The smallest absolute Gasteiger partial charge is 0.254 e. The minimum absolute atomic E-state index is 0.0520. The van der Waals surface area contributed by atoms with E-state index in [1.165, 1.54) is 25.5 Å². The molecule has 0 radical (unpaired) electrons. The normalized spacial score (nSPS) is 25.0. The summed E-state index contributed by atoms with van der Waals surface area (Å²) in [6.07, 6.45) is 11.9. The number of anilines is 2. The molecule has 7 heteroatoms. The molecule has 1 aromatic rings. The fraction of sp³-hybridized carbons (Fsp3) is 0.750. The van der Waals surface area contributed by atoms with Crippen molar-refractivity contribution in [3.05, 3.63) is 11.8 Å². The van der Waals surface area contributed by atoms with Crippen LogP contribution in [0.3, 0.4) is 0 Å². The first-order valence-corrected chi connectivity index (χ1v) is 10.3. The van der Waals surface area contributed by atoms with Gasteiger partial charge in [-0.3, -0.25) is 4.79 Å². The number of nitrogens with two attached hydrogens (primary N) is 1. The third-order valence-electron chi connectivity index (χ3n) is 5.84. The average molecular weight is 376 g/mol. The zero-order valence-corrected chi connectivity index (χ0v) is 16.6. The molecule has 0 atom stereocenters. The van der Waals surface area contributed by atoms with Gasteiger partial charge >= 0.3 is 0 Å². The fourth-order valence-electron chi connectivity index (χ4n) is 4.26. The van der Waals surface area contributed by atoms with Gasteiger partial charge in [-0.1, -0.05) is 19.3 Å². The van der Waals surface area contributed by atoms with Crippen molar-refractivity contribution in [2.45, 2.75) is 89.3 Å². The molecule has 4 N–H and O–H groups in total. The molecule has 0 unspecified atom stereocenters. The SMILES string of the molecule is CCO[C@H]1CC[C@H](Nc2ncc(C(N)=O)c(NC3(C)CCCCC3)n2)CC1. The summed E-state index contributed by atoms with van der Waals surface area (Å²) in [5.74, 6) is 0.606. The number of amides is 1. The Kier molecular flexibility index (Phi) is 6.52. The zero-order chi connectivity index (χ0) is 19.3. The Morgan fingerprint density at radius 3 is 2.59 bits per heavy atom. The van der Waals surface area contributed by atoms with E-state index in [0.29, 0.717) is 29.5 Å². The number of aromatic nitrogens is 2. The van der Waals surface area contributed by atoms with Gasteiger partial charge in [0.15, 0.2) is 0 Å². The van der Waals surface area contributed by atoms with E-state index < -0.39 is 5.91 Å². The Morgan fingerprint density at radius 1 is 1.26 bits per heavy atom. The molecule has 0 aromatic carbocycles. The number of hydrogen-bond donors (Lipinski definition) is 3. The lowest BCUT2D eigenvalue weighted by Crippen LogP contribution is -2.38.